The first-order chi connectivity index (χ1) is 15.3. The molecule has 3 aromatic rings. The van der Waals surface area contributed by atoms with Gasteiger partial charge in [0.2, 0.25) is 0 Å². The van der Waals surface area contributed by atoms with Gasteiger partial charge in [-0.3, -0.25) is 14.5 Å². The van der Waals surface area contributed by atoms with Gasteiger partial charge in [-0.25, -0.2) is 0 Å². The van der Waals surface area contributed by atoms with Crippen LogP contribution in [0.1, 0.15) is 22.9 Å². The summed E-state index contributed by atoms with van der Waals surface area (Å²) < 4.78 is 16.0. The highest BCUT2D eigenvalue weighted by Crippen LogP contribution is 2.45. The Morgan fingerprint density at radius 2 is 1.81 bits per heavy atom. The average Bonchev–Trinajstić information content (AvgIpc) is 3.33. The lowest BCUT2D eigenvalue weighted by molar-refractivity contribution is -0.132. The number of hydrogen-bond donors (Lipinski definition) is 1. The maximum atomic E-state index is 13.1. The van der Waals surface area contributed by atoms with Crippen LogP contribution < -0.4 is 14.4 Å². The van der Waals surface area contributed by atoms with Crippen LogP contribution >= 0.6 is 11.6 Å². The number of anilines is 1. The van der Waals surface area contributed by atoms with Crippen molar-refractivity contribution in [3.8, 4) is 11.5 Å². The smallest absolute Gasteiger partial charge is 0.301 e. The molecular formula is C23H19ClN2O6. The number of aromatic nitrogens is 1. The van der Waals surface area contributed by atoms with Crippen LogP contribution in [0.15, 0.2) is 58.6 Å². The summed E-state index contributed by atoms with van der Waals surface area (Å²) in [6.07, 6.45) is 0. The summed E-state index contributed by atoms with van der Waals surface area (Å²) in [6.45, 7) is 1.67. The molecule has 0 aliphatic carbocycles. The molecule has 1 amide bonds. The number of aliphatic hydroxyl groups is 1. The molecule has 1 aliphatic heterocycles. The second-order valence-corrected chi connectivity index (χ2v) is 7.52. The summed E-state index contributed by atoms with van der Waals surface area (Å²) in [7, 11) is 2.97. The van der Waals surface area contributed by atoms with E-state index in [1.165, 1.54) is 25.2 Å². The molecule has 0 radical (unpaired) electrons. The summed E-state index contributed by atoms with van der Waals surface area (Å²) in [5.41, 5.74) is 0.641. The van der Waals surface area contributed by atoms with E-state index in [0.29, 0.717) is 33.4 Å². The van der Waals surface area contributed by atoms with E-state index in [2.05, 4.69) is 5.16 Å². The third-order valence-electron chi connectivity index (χ3n) is 5.16. The van der Waals surface area contributed by atoms with Crippen LogP contribution in [-0.4, -0.2) is 36.2 Å². The molecule has 0 saturated carbocycles. The van der Waals surface area contributed by atoms with E-state index in [0.717, 1.165) is 0 Å². The van der Waals surface area contributed by atoms with Gasteiger partial charge in [-0.1, -0.05) is 16.8 Å². The number of hydrogen-bond acceptors (Lipinski definition) is 7. The zero-order valence-corrected chi connectivity index (χ0v) is 18.2. The first kappa shape index (κ1) is 21.5. The van der Waals surface area contributed by atoms with E-state index in [9.17, 15) is 14.7 Å². The van der Waals surface area contributed by atoms with Gasteiger partial charge in [-0.05, 0) is 49.4 Å². The Hall–Kier alpha value is -3.78. The molecule has 164 valence electrons. The minimum atomic E-state index is -1.04. The van der Waals surface area contributed by atoms with Crippen molar-refractivity contribution in [3.05, 3.63) is 76.0 Å². The van der Waals surface area contributed by atoms with Crippen molar-refractivity contribution < 1.29 is 28.7 Å². The summed E-state index contributed by atoms with van der Waals surface area (Å²) >= 11 is 5.95. The van der Waals surface area contributed by atoms with Gasteiger partial charge in [0.1, 0.15) is 29.1 Å². The quantitative estimate of drug-likeness (QED) is 0.348. The van der Waals surface area contributed by atoms with Crippen molar-refractivity contribution in [1.82, 2.24) is 5.16 Å². The Morgan fingerprint density at radius 3 is 2.41 bits per heavy atom. The van der Waals surface area contributed by atoms with Crippen LogP contribution in [0.2, 0.25) is 5.02 Å². The number of carbonyl (C=O) groups excluding carboxylic acids is 2. The molecule has 0 bridgehead atoms. The summed E-state index contributed by atoms with van der Waals surface area (Å²) in [4.78, 5) is 27.4. The summed E-state index contributed by atoms with van der Waals surface area (Å²) in [5.74, 6) is -0.612. The number of amides is 1. The zero-order valence-electron chi connectivity index (χ0n) is 17.5. The molecule has 2 heterocycles. The molecular weight excluding hydrogens is 436 g/mol. The number of benzene rings is 2. The van der Waals surface area contributed by atoms with E-state index in [-0.39, 0.29) is 17.2 Å². The molecule has 1 fully saturated rings. The average molecular weight is 455 g/mol. The van der Waals surface area contributed by atoms with Crippen LogP contribution in [0.3, 0.4) is 0 Å². The van der Waals surface area contributed by atoms with Crippen LogP contribution in [-0.2, 0) is 9.59 Å². The highest BCUT2D eigenvalue weighted by molar-refractivity contribution is 6.51. The molecule has 0 spiro atoms. The Morgan fingerprint density at radius 1 is 1.09 bits per heavy atom. The minimum absolute atomic E-state index is 0.121. The number of aryl methyl sites for hydroxylation is 1. The van der Waals surface area contributed by atoms with Crippen LogP contribution in [0.25, 0.3) is 5.76 Å². The van der Waals surface area contributed by atoms with Gasteiger partial charge in [0.05, 0.1) is 19.8 Å². The van der Waals surface area contributed by atoms with Crippen molar-refractivity contribution in [2.45, 2.75) is 13.0 Å². The molecule has 1 atom stereocenters. The van der Waals surface area contributed by atoms with E-state index in [1.54, 1.807) is 49.4 Å². The number of ether oxygens (including phenoxy) is 2. The van der Waals surface area contributed by atoms with E-state index in [4.69, 9.17) is 25.6 Å². The van der Waals surface area contributed by atoms with Crippen LogP contribution in [0, 0.1) is 6.92 Å². The topological polar surface area (TPSA) is 102 Å². The van der Waals surface area contributed by atoms with E-state index < -0.39 is 17.7 Å². The van der Waals surface area contributed by atoms with Gasteiger partial charge in [0.15, 0.2) is 5.82 Å². The number of methoxy groups -OCH3 is 2. The first-order valence-electron chi connectivity index (χ1n) is 9.58. The van der Waals surface area contributed by atoms with Crippen LogP contribution in [0.4, 0.5) is 5.82 Å². The Balaban J connectivity index is 2.00. The highest BCUT2D eigenvalue weighted by atomic mass is 35.5. The Labute approximate surface area is 188 Å². The third kappa shape index (κ3) is 3.58. The number of nitrogens with zero attached hydrogens (tertiary/aromatic N) is 2. The molecule has 1 aliphatic rings. The molecule has 1 saturated heterocycles. The van der Waals surface area contributed by atoms with Crippen LogP contribution in [0.5, 0.6) is 11.5 Å². The van der Waals surface area contributed by atoms with Gasteiger partial charge in [0.25, 0.3) is 5.78 Å². The van der Waals surface area contributed by atoms with Gasteiger partial charge >= 0.3 is 5.91 Å². The van der Waals surface area contributed by atoms with Gasteiger partial charge in [-0.2, -0.15) is 0 Å². The molecule has 1 unspecified atom stereocenters. The van der Waals surface area contributed by atoms with Gasteiger partial charge in [-0.15, -0.1) is 0 Å². The third-order valence-corrected chi connectivity index (χ3v) is 5.41. The largest absolute Gasteiger partial charge is 0.507 e. The molecule has 4 rings (SSSR count). The second-order valence-electron chi connectivity index (χ2n) is 7.08. The predicted molar refractivity (Wildman–Crippen MR) is 117 cm³/mol. The standard InChI is InChI=1S/C23H19ClN2O6/c1-12-10-18(25-32-12)26-20(16-11-15(30-2)8-9-17(16)31-3)19(22(28)23(26)29)21(27)13-4-6-14(24)7-5-13/h4-11,20,27H,1-3H3/b21-19+. The lowest BCUT2D eigenvalue weighted by Crippen LogP contribution is -2.30. The second kappa shape index (κ2) is 8.39. The normalized spacial score (nSPS) is 17.6. The number of ketones is 1. The molecule has 8 nitrogen and oxygen atoms in total. The minimum Gasteiger partial charge on any atom is -0.507 e. The Kier molecular flexibility index (Phi) is 5.63. The summed E-state index contributed by atoms with van der Waals surface area (Å²) in [6, 6.07) is 11.8. The van der Waals surface area contributed by atoms with Gasteiger partial charge in [0, 0.05) is 22.2 Å². The van der Waals surface area contributed by atoms with Crippen molar-refractivity contribution in [2.24, 2.45) is 0 Å². The lowest BCUT2D eigenvalue weighted by Gasteiger charge is -2.24. The predicted octanol–water partition coefficient (Wildman–Crippen LogP) is 4.28. The zero-order chi connectivity index (χ0) is 23.0. The lowest BCUT2D eigenvalue weighted by atomic mass is 9.94. The summed E-state index contributed by atoms with van der Waals surface area (Å²) in [5, 5.41) is 15.5. The molecule has 1 aromatic heterocycles. The van der Waals surface area contributed by atoms with E-state index >= 15 is 0 Å². The molecule has 32 heavy (non-hydrogen) atoms. The maximum absolute atomic E-state index is 13.1. The monoisotopic (exact) mass is 454 g/mol. The number of Topliss-reactive ketones (excluding diaryl/α,β-unsaturated/α-hetero) is 1. The van der Waals surface area contributed by atoms with Crippen molar-refractivity contribution in [1.29, 1.82) is 0 Å². The molecule has 2 aromatic carbocycles. The van der Waals surface area contributed by atoms with Crippen molar-refractivity contribution in [2.75, 3.05) is 19.1 Å². The molecule has 1 N–H and O–H groups in total. The maximum Gasteiger partial charge on any atom is 0.301 e. The number of halogens is 1. The fourth-order valence-electron chi connectivity index (χ4n) is 3.65. The fourth-order valence-corrected chi connectivity index (χ4v) is 3.77. The van der Waals surface area contributed by atoms with Crippen molar-refractivity contribution in [3.63, 3.8) is 0 Å². The first-order valence-corrected chi connectivity index (χ1v) is 9.95. The van der Waals surface area contributed by atoms with Gasteiger partial charge < -0.3 is 19.1 Å². The highest BCUT2D eigenvalue weighted by Gasteiger charge is 2.49. The fraction of sp³-hybridized carbons (Fsp3) is 0.174. The number of carbonyl (C=O) groups is 2. The van der Waals surface area contributed by atoms with E-state index in [1.807, 2.05) is 0 Å². The Bertz CT molecular complexity index is 1230. The van der Waals surface area contributed by atoms with Crippen molar-refractivity contribution >= 4 is 34.9 Å². The number of rotatable bonds is 5. The SMILES string of the molecule is COc1ccc(OC)c(C2/C(=C(\O)c3ccc(Cl)cc3)C(=O)C(=O)N2c2cc(C)on2)c1. The molecule has 9 heteroatoms. The number of aliphatic hydroxyl groups excluding tert-OH is 1.